The number of carboxylic acid groups (broad SMARTS) is 2. The van der Waals surface area contributed by atoms with Gasteiger partial charge in [0.15, 0.2) is 0 Å². The molecular weight excluding hydrogens is 572 g/mol. The summed E-state index contributed by atoms with van der Waals surface area (Å²) in [6, 6.07) is -2.52. The maximum absolute atomic E-state index is 12.5. The highest BCUT2D eigenvalue weighted by molar-refractivity contribution is 8.00. The molecule has 0 aromatic heterocycles. The van der Waals surface area contributed by atoms with Gasteiger partial charge >= 0.3 is 18.0 Å². The molecule has 42 heavy (non-hydrogen) atoms. The van der Waals surface area contributed by atoms with Crippen LogP contribution in [0.5, 0.6) is 0 Å². The summed E-state index contributed by atoms with van der Waals surface area (Å²) in [4.78, 5) is 81.9. The Kier molecular flexibility index (Phi) is 14.9. The van der Waals surface area contributed by atoms with E-state index in [1.165, 1.54) is 0 Å². The van der Waals surface area contributed by atoms with E-state index in [1.807, 2.05) is 11.8 Å². The summed E-state index contributed by atoms with van der Waals surface area (Å²) >= 11 is 1.86. The van der Waals surface area contributed by atoms with Gasteiger partial charge in [0.1, 0.15) is 12.1 Å². The first-order chi connectivity index (χ1) is 20.0. The molecule has 0 bridgehead atoms. The third-order valence-electron chi connectivity index (χ3n) is 6.92. The lowest BCUT2D eigenvalue weighted by Crippen LogP contribution is -2.52. The number of aliphatic carboxylic acids is 2. The zero-order valence-corrected chi connectivity index (χ0v) is 24.6. The first kappa shape index (κ1) is 34.6. The predicted molar refractivity (Wildman–Crippen MR) is 152 cm³/mol. The van der Waals surface area contributed by atoms with Crippen molar-refractivity contribution >= 4 is 53.4 Å². The van der Waals surface area contributed by atoms with E-state index in [2.05, 4.69) is 31.9 Å². The molecule has 5 atom stereocenters. The fourth-order valence-electron chi connectivity index (χ4n) is 4.75. The number of amides is 6. The molecule has 2 rings (SSSR count). The molecule has 2 unspecified atom stereocenters. The van der Waals surface area contributed by atoms with Crippen LogP contribution in [0.4, 0.5) is 4.79 Å². The zero-order valence-electron chi connectivity index (χ0n) is 23.7. The van der Waals surface area contributed by atoms with Crippen molar-refractivity contribution in [2.24, 2.45) is 0 Å². The van der Waals surface area contributed by atoms with Gasteiger partial charge in [-0.25, -0.2) is 9.59 Å². The Bertz CT molecular complexity index is 997. The maximum atomic E-state index is 12.5. The Balaban J connectivity index is 1.55. The van der Waals surface area contributed by atoms with Crippen molar-refractivity contribution < 1.29 is 43.8 Å². The summed E-state index contributed by atoms with van der Waals surface area (Å²) in [5.41, 5.74) is 0. The molecule has 2 heterocycles. The van der Waals surface area contributed by atoms with Crippen LogP contribution < -0.4 is 31.9 Å². The van der Waals surface area contributed by atoms with Crippen LogP contribution in [0.25, 0.3) is 0 Å². The normalized spacial score (nSPS) is 20.3. The van der Waals surface area contributed by atoms with Crippen LogP contribution in [0.1, 0.15) is 71.1 Å². The van der Waals surface area contributed by atoms with Crippen LogP contribution in [0.15, 0.2) is 0 Å². The Morgan fingerprint density at radius 2 is 1.57 bits per heavy atom. The molecule has 15 nitrogen and oxygen atoms in total. The molecule has 0 saturated carbocycles. The second-order valence-electron chi connectivity index (χ2n) is 10.4. The number of carbonyl (C=O) groups is 7. The van der Waals surface area contributed by atoms with Crippen molar-refractivity contribution in [3.8, 4) is 0 Å². The van der Waals surface area contributed by atoms with Gasteiger partial charge in [-0.2, -0.15) is 11.8 Å². The number of thioether (sulfide) groups is 1. The number of fused-ring (bicyclic) bond motifs is 1. The van der Waals surface area contributed by atoms with Crippen LogP contribution in [0.2, 0.25) is 0 Å². The third-order valence-corrected chi connectivity index (χ3v) is 8.43. The lowest BCUT2D eigenvalue weighted by molar-refractivity contribution is -0.143. The van der Waals surface area contributed by atoms with E-state index in [-0.39, 0.29) is 30.4 Å². The minimum Gasteiger partial charge on any atom is -0.481 e. The molecule has 6 amide bonds. The van der Waals surface area contributed by atoms with E-state index in [0.717, 1.165) is 44.8 Å². The van der Waals surface area contributed by atoms with E-state index in [0.29, 0.717) is 31.2 Å². The van der Waals surface area contributed by atoms with Gasteiger partial charge in [-0.05, 0) is 38.5 Å². The molecule has 0 aromatic carbocycles. The van der Waals surface area contributed by atoms with Gasteiger partial charge in [-0.15, -0.1) is 0 Å². The lowest BCUT2D eigenvalue weighted by Gasteiger charge is -2.20. The zero-order chi connectivity index (χ0) is 31.1. The van der Waals surface area contributed by atoms with Gasteiger partial charge in [0, 0.05) is 43.9 Å². The van der Waals surface area contributed by atoms with E-state index in [4.69, 9.17) is 5.11 Å². The van der Waals surface area contributed by atoms with Crippen molar-refractivity contribution in [2.45, 2.75) is 101 Å². The molecule has 2 fully saturated rings. The van der Waals surface area contributed by atoms with Crippen molar-refractivity contribution in [1.29, 1.82) is 0 Å². The highest BCUT2D eigenvalue weighted by Gasteiger charge is 2.42. The molecule has 2 saturated heterocycles. The number of unbranched alkanes of at least 4 members (excludes halogenated alkanes) is 3. The molecule has 16 heteroatoms. The topological polar surface area (TPSA) is 232 Å². The molecule has 0 radical (unpaired) electrons. The smallest absolute Gasteiger partial charge is 0.326 e. The second kappa shape index (κ2) is 18.1. The van der Waals surface area contributed by atoms with E-state index >= 15 is 0 Å². The summed E-state index contributed by atoms with van der Waals surface area (Å²) in [5, 5.41) is 34.3. The Morgan fingerprint density at radius 3 is 2.21 bits per heavy atom. The SMILES string of the molecule is CC(=O)NC(CC(=O)NCCCCCNC(=O)CCCC[C@@H]1SC[C@@H]2NC(=O)N[C@@H]21)C(=O)NC(CCC(=O)O)C(=O)O. The molecule has 2 aliphatic heterocycles. The fourth-order valence-corrected chi connectivity index (χ4v) is 6.30. The van der Waals surface area contributed by atoms with E-state index in [1.54, 1.807) is 0 Å². The van der Waals surface area contributed by atoms with Crippen molar-refractivity contribution in [1.82, 2.24) is 31.9 Å². The number of hydrogen-bond donors (Lipinski definition) is 8. The summed E-state index contributed by atoms with van der Waals surface area (Å²) in [6.07, 6.45) is 3.94. The highest BCUT2D eigenvalue weighted by Crippen LogP contribution is 2.33. The van der Waals surface area contributed by atoms with Crippen LogP contribution in [-0.2, 0) is 28.8 Å². The molecule has 0 aliphatic carbocycles. The number of rotatable bonds is 20. The number of carbonyl (C=O) groups excluding carboxylic acids is 5. The minimum atomic E-state index is -1.48. The van der Waals surface area contributed by atoms with Gasteiger partial charge in [0.2, 0.25) is 23.6 Å². The second-order valence-corrected chi connectivity index (χ2v) is 11.7. The van der Waals surface area contributed by atoms with Crippen molar-refractivity contribution in [3.63, 3.8) is 0 Å². The lowest BCUT2D eigenvalue weighted by atomic mass is 10.0. The average molecular weight is 615 g/mol. The molecule has 0 aromatic rings. The summed E-state index contributed by atoms with van der Waals surface area (Å²) in [5.74, 6) is -3.76. The minimum absolute atomic E-state index is 0.00789. The number of nitrogens with one attached hydrogen (secondary N) is 6. The van der Waals surface area contributed by atoms with Crippen molar-refractivity contribution in [3.05, 3.63) is 0 Å². The monoisotopic (exact) mass is 614 g/mol. The van der Waals surface area contributed by atoms with Crippen LogP contribution >= 0.6 is 11.8 Å². The number of carboxylic acids is 2. The maximum Gasteiger partial charge on any atom is 0.326 e. The van der Waals surface area contributed by atoms with Gasteiger partial charge in [-0.1, -0.05) is 6.42 Å². The van der Waals surface area contributed by atoms with E-state index < -0.39 is 54.6 Å². The molecular formula is C26H42N6O9S. The largest absolute Gasteiger partial charge is 0.481 e. The van der Waals surface area contributed by atoms with Gasteiger partial charge < -0.3 is 42.1 Å². The number of hydrogen-bond acceptors (Lipinski definition) is 8. The Labute approximate surface area is 248 Å². The number of urea groups is 1. The average Bonchev–Trinajstić information content (AvgIpc) is 3.46. The quantitative estimate of drug-likeness (QED) is 0.0643. The fraction of sp³-hybridized carbons (Fsp3) is 0.731. The summed E-state index contributed by atoms with van der Waals surface area (Å²) in [7, 11) is 0. The Hall–Kier alpha value is -3.56. The molecule has 236 valence electrons. The molecule has 8 N–H and O–H groups in total. The standard InChI is InChI=1S/C26H42N6O9S/c1-15(33)29-17(24(38)30-16(25(39)40)9-10-22(36)37)13-21(35)28-12-6-2-5-11-27-20(34)8-4-3-7-19-23-18(14-42-19)31-26(41)32-23/h16-19,23H,2-14H2,1H3,(H,27,34)(H,28,35)(H,29,33)(H,30,38)(H,36,37)(H,39,40)(H2,31,32,41)/t16?,17?,18-,19-,23-/m0/s1. The van der Waals surface area contributed by atoms with Crippen LogP contribution in [0, 0.1) is 0 Å². The molecule has 0 spiro atoms. The molecule has 2 aliphatic rings. The van der Waals surface area contributed by atoms with Crippen molar-refractivity contribution in [2.75, 3.05) is 18.8 Å². The predicted octanol–water partition coefficient (Wildman–Crippen LogP) is -0.556. The van der Waals surface area contributed by atoms with Gasteiger partial charge in [-0.3, -0.25) is 24.0 Å². The van der Waals surface area contributed by atoms with Crippen LogP contribution in [0.3, 0.4) is 0 Å². The Morgan fingerprint density at radius 1 is 0.881 bits per heavy atom. The third kappa shape index (κ3) is 13.0. The first-order valence-electron chi connectivity index (χ1n) is 14.2. The van der Waals surface area contributed by atoms with E-state index in [9.17, 15) is 38.7 Å². The van der Waals surface area contributed by atoms with Gasteiger partial charge in [0.05, 0.1) is 18.5 Å². The highest BCUT2D eigenvalue weighted by atomic mass is 32.2. The summed E-state index contributed by atoms with van der Waals surface area (Å²) in [6.45, 7) is 1.98. The summed E-state index contributed by atoms with van der Waals surface area (Å²) < 4.78 is 0. The first-order valence-corrected chi connectivity index (χ1v) is 15.2. The van der Waals surface area contributed by atoms with Crippen LogP contribution in [-0.4, -0.2) is 100 Å². The van der Waals surface area contributed by atoms with Gasteiger partial charge in [0.25, 0.3) is 0 Å².